The minimum atomic E-state index is -4.67. The fourth-order valence-electron chi connectivity index (χ4n) is 3.42. The maximum atomic E-state index is 12.8. The van der Waals surface area contributed by atoms with Crippen LogP contribution < -0.4 is 9.64 Å². The number of fused-ring (bicyclic) bond motifs is 2. The van der Waals surface area contributed by atoms with Gasteiger partial charge in [0.2, 0.25) is 4.87 Å². The first-order valence-electron chi connectivity index (χ1n) is 8.39. The van der Waals surface area contributed by atoms with E-state index in [9.17, 15) is 13.0 Å². The van der Waals surface area contributed by atoms with Crippen molar-refractivity contribution in [2.45, 2.75) is 18.2 Å². The molecule has 4 rings (SSSR count). The van der Waals surface area contributed by atoms with Crippen LogP contribution in [0.3, 0.4) is 0 Å². The van der Waals surface area contributed by atoms with E-state index in [0.717, 1.165) is 0 Å². The first kappa shape index (κ1) is 17.4. The Balaban J connectivity index is 2.10. The molecule has 1 aliphatic heterocycles. The average Bonchev–Trinajstić information content (AvgIpc) is 2.68. The van der Waals surface area contributed by atoms with E-state index in [2.05, 4.69) is 9.97 Å². The molecule has 0 saturated heterocycles. The van der Waals surface area contributed by atoms with Crippen molar-refractivity contribution in [2.75, 3.05) is 4.90 Å². The molecule has 2 heterocycles. The lowest BCUT2D eigenvalue weighted by molar-refractivity contribution is 0.398. The summed E-state index contributed by atoms with van der Waals surface area (Å²) in [7, 11) is -4.67. The highest BCUT2D eigenvalue weighted by molar-refractivity contribution is 7.87. The zero-order valence-electron chi connectivity index (χ0n) is 14.5. The summed E-state index contributed by atoms with van der Waals surface area (Å²) >= 11 is 0. The van der Waals surface area contributed by atoms with Crippen molar-refractivity contribution >= 4 is 21.5 Å². The Kier molecular flexibility index (Phi) is 4.09. The fourth-order valence-corrected chi connectivity index (χ4v) is 4.55. The number of hydrogen-bond acceptors (Lipinski definition) is 6. The number of ether oxygens (including phenoxy) is 1. The molecule has 0 radical (unpaired) electrons. The summed E-state index contributed by atoms with van der Waals surface area (Å²) in [6.07, 6.45) is 2.92. The van der Waals surface area contributed by atoms with Gasteiger partial charge < -0.3 is 9.64 Å². The largest absolute Gasteiger partial charge is 0.453 e. The molecule has 1 atom stereocenters. The van der Waals surface area contributed by atoms with Crippen molar-refractivity contribution in [1.29, 1.82) is 0 Å². The van der Waals surface area contributed by atoms with E-state index in [0.29, 0.717) is 22.9 Å². The molecule has 8 heteroatoms. The number of hydrogen-bond donors (Lipinski definition) is 1. The van der Waals surface area contributed by atoms with E-state index in [4.69, 9.17) is 4.74 Å². The van der Waals surface area contributed by atoms with Gasteiger partial charge >= 0.3 is 0 Å². The van der Waals surface area contributed by atoms with Gasteiger partial charge in [-0.1, -0.05) is 31.2 Å². The Labute approximate surface area is 157 Å². The number of aromatic nitrogens is 2. The minimum Gasteiger partial charge on any atom is -0.453 e. The van der Waals surface area contributed by atoms with E-state index in [1.807, 2.05) is 0 Å². The molecule has 0 aliphatic carbocycles. The summed E-state index contributed by atoms with van der Waals surface area (Å²) in [6.45, 7) is 1.67. The van der Waals surface area contributed by atoms with Crippen molar-refractivity contribution in [3.8, 4) is 11.5 Å². The molecule has 0 amide bonds. The molecule has 0 spiro atoms. The average molecular weight is 383 g/mol. The Morgan fingerprint density at radius 3 is 1.96 bits per heavy atom. The summed E-state index contributed by atoms with van der Waals surface area (Å²) in [5.74, 6) is 0.948. The highest BCUT2D eigenvalue weighted by Gasteiger charge is 2.54. The van der Waals surface area contributed by atoms with Gasteiger partial charge in [-0.05, 0) is 36.8 Å². The quantitative estimate of drug-likeness (QED) is 0.684. The van der Waals surface area contributed by atoms with Crippen molar-refractivity contribution in [3.63, 3.8) is 0 Å². The maximum absolute atomic E-state index is 12.8. The molecular weight excluding hydrogens is 366 g/mol. The Bertz CT molecular complexity index is 1040. The number of rotatable bonds is 4. The minimum absolute atomic E-state index is 0.0124. The van der Waals surface area contributed by atoms with Gasteiger partial charge in [-0.25, -0.2) is 9.97 Å². The molecule has 0 fully saturated rings. The second kappa shape index (κ2) is 6.33. The van der Waals surface area contributed by atoms with Gasteiger partial charge in [-0.15, -0.1) is 0 Å². The van der Waals surface area contributed by atoms with Crippen LogP contribution in [0, 0.1) is 0 Å². The second-order valence-electron chi connectivity index (χ2n) is 6.06. The van der Waals surface area contributed by atoms with E-state index in [1.165, 1.54) is 12.4 Å². The molecule has 1 N–H and O–H groups in total. The molecule has 1 aromatic heterocycles. The SMILES string of the molecule is CCC(c1ncccn1)(N1c2ccccc2Oc2ccccc21)S(=O)(=O)O. The fraction of sp³-hybridized carbons (Fsp3) is 0.158. The molecule has 2 aromatic carbocycles. The lowest BCUT2D eigenvalue weighted by Gasteiger charge is -2.43. The van der Waals surface area contributed by atoms with Crippen LogP contribution >= 0.6 is 0 Å². The zero-order chi connectivity index (χ0) is 19.1. The summed E-state index contributed by atoms with van der Waals surface area (Å²) in [5.41, 5.74) is 1.01. The number of para-hydroxylation sites is 4. The molecule has 7 nitrogen and oxygen atoms in total. The Morgan fingerprint density at radius 1 is 0.963 bits per heavy atom. The Morgan fingerprint density at radius 2 is 1.48 bits per heavy atom. The van der Waals surface area contributed by atoms with Crippen LogP contribution in [0.2, 0.25) is 0 Å². The Hall–Kier alpha value is -2.97. The van der Waals surface area contributed by atoms with Crippen LogP contribution in [-0.4, -0.2) is 22.9 Å². The first-order valence-corrected chi connectivity index (χ1v) is 9.83. The number of benzene rings is 2. The van der Waals surface area contributed by atoms with Crippen LogP contribution in [0.4, 0.5) is 11.4 Å². The van der Waals surface area contributed by atoms with Gasteiger partial charge in [0.15, 0.2) is 17.3 Å². The predicted octanol–water partition coefficient (Wildman–Crippen LogP) is 3.87. The third-order valence-corrected chi connectivity index (χ3v) is 6.12. The third-order valence-electron chi connectivity index (χ3n) is 4.61. The van der Waals surface area contributed by atoms with Crippen LogP contribution in [0.1, 0.15) is 19.2 Å². The topological polar surface area (TPSA) is 92.6 Å². The van der Waals surface area contributed by atoms with Gasteiger partial charge in [0.25, 0.3) is 10.1 Å². The molecule has 138 valence electrons. The second-order valence-corrected chi connectivity index (χ2v) is 7.68. The zero-order valence-corrected chi connectivity index (χ0v) is 15.3. The lowest BCUT2D eigenvalue weighted by Crippen LogP contribution is -2.51. The highest BCUT2D eigenvalue weighted by Crippen LogP contribution is 2.53. The van der Waals surface area contributed by atoms with Gasteiger partial charge in [0, 0.05) is 12.4 Å². The first-order chi connectivity index (χ1) is 13.0. The monoisotopic (exact) mass is 383 g/mol. The predicted molar refractivity (Wildman–Crippen MR) is 101 cm³/mol. The summed E-state index contributed by atoms with van der Waals surface area (Å²) in [4.78, 5) is 7.99. The van der Waals surface area contributed by atoms with E-state index in [1.54, 1.807) is 66.4 Å². The van der Waals surface area contributed by atoms with Crippen LogP contribution in [0.25, 0.3) is 0 Å². The summed E-state index contributed by atoms with van der Waals surface area (Å²) in [6, 6.07) is 15.7. The normalized spacial score (nSPS) is 15.3. The van der Waals surface area contributed by atoms with Gasteiger partial charge in [0.05, 0.1) is 11.4 Å². The van der Waals surface area contributed by atoms with Gasteiger partial charge in [0.1, 0.15) is 0 Å². The number of anilines is 2. The third kappa shape index (κ3) is 2.56. The summed E-state index contributed by atoms with van der Waals surface area (Å²) in [5, 5.41) is 0. The molecule has 0 saturated carbocycles. The molecular formula is C19H17N3O4S. The molecule has 1 aliphatic rings. The van der Waals surface area contributed by atoms with Gasteiger partial charge in [-0.2, -0.15) is 8.42 Å². The maximum Gasteiger partial charge on any atom is 0.297 e. The standard InChI is InChI=1S/C19H17N3O4S/c1-2-19(27(23,24)25,18-20-12-7-13-21-18)22-14-8-3-5-10-16(14)26-17-11-6-4-9-15(17)22/h3-13H,2H2,1H3,(H,23,24,25). The van der Waals surface area contributed by atoms with E-state index in [-0.39, 0.29) is 12.2 Å². The van der Waals surface area contributed by atoms with Crippen molar-refractivity contribution in [2.24, 2.45) is 0 Å². The van der Waals surface area contributed by atoms with Crippen LogP contribution in [-0.2, 0) is 15.0 Å². The van der Waals surface area contributed by atoms with Crippen LogP contribution in [0.15, 0.2) is 67.0 Å². The van der Waals surface area contributed by atoms with Crippen molar-refractivity contribution in [1.82, 2.24) is 9.97 Å². The van der Waals surface area contributed by atoms with Crippen molar-refractivity contribution < 1.29 is 17.7 Å². The van der Waals surface area contributed by atoms with Gasteiger partial charge in [-0.3, -0.25) is 4.55 Å². The smallest absolute Gasteiger partial charge is 0.297 e. The lowest BCUT2D eigenvalue weighted by atomic mass is 10.1. The molecule has 3 aromatic rings. The molecule has 0 bridgehead atoms. The van der Waals surface area contributed by atoms with Crippen molar-refractivity contribution in [3.05, 3.63) is 72.8 Å². The van der Waals surface area contributed by atoms with E-state index < -0.39 is 15.0 Å². The van der Waals surface area contributed by atoms with E-state index >= 15 is 0 Å². The molecule has 27 heavy (non-hydrogen) atoms. The number of nitrogens with zero attached hydrogens (tertiary/aromatic N) is 3. The summed E-state index contributed by atoms with van der Waals surface area (Å²) < 4.78 is 41.9. The molecule has 1 unspecified atom stereocenters. The highest BCUT2D eigenvalue weighted by atomic mass is 32.2. The van der Waals surface area contributed by atoms with Crippen LogP contribution in [0.5, 0.6) is 11.5 Å².